The molecule has 3 amide bonds. The van der Waals surface area contributed by atoms with Crippen molar-refractivity contribution in [3.8, 4) is 0 Å². The van der Waals surface area contributed by atoms with Crippen molar-refractivity contribution in [1.29, 1.82) is 0 Å². The Labute approximate surface area is 222 Å². The van der Waals surface area contributed by atoms with Crippen molar-refractivity contribution < 1.29 is 29.4 Å². The molecule has 5 atom stereocenters. The Kier molecular flexibility index (Phi) is 16.0. The number of rotatable bonds is 18. The van der Waals surface area contributed by atoms with Gasteiger partial charge in [0.2, 0.25) is 17.7 Å². The van der Waals surface area contributed by atoms with Crippen LogP contribution in [0, 0.1) is 5.92 Å². The summed E-state index contributed by atoms with van der Waals surface area (Å²) in [4.78, 5) is 57.7. The second-order valence-corrected chi connectivity index (χ2v) is 9.32. The molecule has 0 radical (unpaired) electrons. The topological polar surface area (TPSA) is 300 Å². The van der Waals surface area contributed by atoms with Gasteiger partial charge in [-0.15, -0.1) is 0 Å². The Hall–Kier alpha value is -3.66. The van der Waals surface area contributed by atoms with Crippen molar-refractivity contribution >= 4 is 35.6 Å². The molecule has 0 aromatic heterocycles. The van der Waals surface area contributed by atoms with Gasteiger partial charge in [-0.1, -0.05) is 13.8 Å². The lowest BCUT2D eigenvalue weighted by Gasteiger charge is -2.26. The molecule has 0 fully saturated rings. The van der Waals surface area contributed by atoms with Crippen LogP contribution in [0.3, 0.4) is 0 Å². The Morgan fingerprint density at radius 1 is 0.763 bits per heavy atom. The van der Waals surface area contributed by atoms with Crippen molar-refractivity contribution in [2.75, 3.05) is 13.1 Å². The van der Waals surface area contributed by atoms with Crippen LogP contribution in [0.5, 0.6) is 0 Å². The van der Waals surface area contributed by atoms with Crippen LogP contribution in [0.4, 0.5) is 0 Å². The van der Waals surface area contributed by atoms with Crippen LogP contribution in [-0.2, 0) is 19.2 Å². The number of amides is 3. The average Bonchev–Trinajstić information content (AvgIpc) is 2.79. The first-order valence-corrected chi connectivity index (χ1v) is 12.3. The van der Waals surface area contributed by atoms with Gasteiger partial charge in [0, 0.05) is 13.1 Å². The molecule has 5 unspecified atom stereocenters. The van der Waals surface area contributed by atoms with Gasteiger partial charge in [-0.25, -0.2) is 4.79 Å². The number of carbonyl (C=O) groups is 4. The standard InChI is InChI=1S/C22H44N10O6/c1-11(2)10-13(23)17(34)32-16(12(3)33)19(36)30-14(6-4-8-28-21(24)25)18(35)31-15(20(37)38)7-5-9-29-22(26)27/h11-16,33H,4-10,23H2,1-3H3,(H,30,36)(H,31,35)(H,32,34)(H,37,38)(H4,24,25,28)(H4,26,27,29). The van der Waals surface area contributed by atoms with Crippen molar-refractivity contribution in [3.63, 3.8) is 0 Å². The van der Waals surface area contributed by atoms with E-state index in [-0.39, 0.29) is 56.6 Å². The van der Waals surface area contributed by atoms with Gasteiger partial charge in [-0.05, 0) is 44.9 Å². The van der Waals surface area contributed by atoms with Crippen LogP contribution in [0.2, 0.25) is 0 Å². The van der Waals surface area contributed by atoms with E-state index in [9.17, 15) is 29.4 Å². The molecule has 0 rings (SSSR count). The molecule has 15 N–H and O–H groups in total. The van der Waals surface area contributed by atoms with E-state index in [2.05, 4.69) is 25.9 Å². The number of guanidine groups is 2. The summed E-state index contributed by atoms with van der Waals surface area (Å²) in [5, 5.41) is 26.9. The fraction of sp³-hybridized carbons (Fsp3) is 0.727. The molecule has 0 heterocycles. The quantitative estimate of drug-likeness (QED) is 0.0456. The van der Waals surface area contributed by atoms with Gasteiger partial charge in [0.15, 0.2) is 11.9 Å². The molecule has 0 saturated carbocycles. The number of aliphatic hydroxyl groups excluding tert-OH is 1. The van der Waals surface area contributed by atoms with E-state index in [1.54, 1.807) is 0 Å². The summed E-state index contributed by atoms with van der Waals surface area (Å²) >= 11 is 0. The summed E-state index contributed by atoms with van der Waals surface area (Å²) in [6.45, 7) is 5.36. The van der Waals surface area contributed by atoms with Crippen molar-refractivity contribution in [2.45, 2.75) is 83.1 Å². The lowest BCUT2D eigenvalue weighted by Crippen LogP contribution is -2.59. The maximum atomic E-state index is 13.0. The van der Waals surface area contributed by atoms with E-state index in [1.165, 1.54) is 6.92 Å². The van der Waals surface area contributed by atoms with E-state index in [4.69, 9.17) is 28.7 Å². The molecule has 0 aromatic carbocycles. The molecule has 0 bridgehead atoms. The van der Waals surface area contributed by atoms with Gasteiger partial charge in [0.05, 0.1) is 12.1 Å². The first-order chi connectivity index (χ1) is 17.6. The molecule has 16 heteroatoms. The Morgan fingerprint density at radius 2 is 1.24 bits per heavy atom. The normalized spacial score (nSPS) is 14.8. The molecule has 38 heavy (non-hydrogen) atoms. The van der Waals surface area contributed by atoms with Gasteiger partial charge in [0.25, 0.3) is 0 Å². The summed E-state index contributed by atoms with van der Waals surface area (Å²) in [7, 11) is 0. The lowest BCUT2D eigenvalue weighted by molar-refractivity contribution is -0.142. The molecule has 0 saturated heterocycles. The second-order valence-electron chi connectivity index (χ2n) is 9.32. The number of hydrogen-bond donors (Lipinski definition) is 10. The van der Waals surface area contributed by atoms with Gasteiger partial charge >= 0.3 is 5.97 Å². The third-order valence-corrected chi connectivity index (χ3v) is 5.26. The van der Waals surface area contributed by atoms with Gasteiger partial charge in [-0.2, -0.15) is 0 Å². The zero-order chi connectivity index (χ0) is 29.4. The van der Waals surface area contributed by atoms with Gasteiger partial charge in [-0.3, -0.25) is 24.4 Å². The molecule has 0 spiro atoms. The average molecular weight is 545 g/mol. The Balaban J connectivity index is 5.57. The highest BCUT2D eigenvalue weighted by molar-refractivity contribution is 5.94. The zero-order valence-corrected chi connectivity index (χ0v) is 22.2. The number of carboxylic acids is 1. The van der Waals surface area contributed by atoms with Crippen LogP contribution in [0.25, 0.3) is 0 Å². The van der Waals surface area contributed by atoms with Crippen LogP contribution in [-0.4, -0.2) is 89.2 Å². The Morgan fingerprint density at radius 3 is 1.66 bits per heavy atom. The molecule has 0 aliphatic carbocycles. The fourth-order valence-electron chi connectivity index (χ4n) is 3.35. The van der Waals surface area contributed by atoms with E-state index in [0.29, 0.717) is 6.42 Å². The number of hydrogen-bond acceptors (Lipinski definition) is 8. The molecular weight excluding hydrogens is 500 g/mol. The first-order valence-electron chi connectivity index (χ1n) is 12.3. The molecule has 218 valence electrons. The van der Waals surface area contributed by atoms with E-state index in [1.807, 2.05) is 13.8 Å². The van der Waals surface area contributed by atoms with E-state index in [0.717, 1.165) is 0 Å². The Bertz CT molecular complexity index is 840. The number of aliphatic hydroxyl groups is 1. The third kappa shape index (κ3) is 14.8. The largest absolute Gasteiger partial charge is 0.480 e. The maximum Gasteiger partial charge on any atom is 0.326 e. The minimum Gasteiger partial charge on any atom is -0.480 e. The molecule has 0 aromatic rings. The summed E-state index contributed by atoms with van der Waals surface area (Å²) in [6, 6.07) is -4.82. The third-order valence-electron chi connectivity index (χ3n) is 5.26. The maximum absolute atomic E-state index is 13.0. The number of carbonyl (C=O) groups excluding carboxylic acids is 3. The molecule has 0 aliphatic rings. The fourth-order valence-corrected chi connectivity index (χ4v) is 3.35. The number of carboxylic acid groups (broad SMARTS) is 1. The molecular formula is C22H44N10O6. The van der Waals surface area contributed by atoms with Gasteiger partial charge < -0.3 is 54.8 Å². The van der Waals surface area contributed by atoms with Crippen LogP contribution >= 0.6 is 0 Å². The van der Waals surface area contributed by atoms with Gasteiger partial charge in [0.1, 0.15) is 18.1 Å². The highest BCUT2D eigenvalue weighted by Crippen LogP contribution is 2.07. The summed E-state index contributed by atoms with van der Waals surface area (Å²) in [6.07, 6.45) is -0.394. The summed E-state index contributed by atoms with van der Waals surface area (Å²) in [5.41, 5.74) is 27.0. The highest BCUT2D eigenvalue weighted by atomic mass is 16.4. The van der Waals surface area contributed by atoms with E-state index >= 15 is 0 Å². The van der Waals surface area contributed by atoms with Crippen LogP contribution < -0.4 is 44.6 Å². The number of aliphatic imine (C=N–C) groups is 2. The SMILES string of the molecule is CC(C)CC(N)C(=O)NC(C(=O)NC(CCCN=C(N)N)C(=O)NC(CCCN=C(N)N)C(=O)O)C(C)O. The van der Waals surface area contributed by atoms with Crippen LogP contribution in [0.1, 0.15) is 52.9 Å². The predicted molar refractivity (Wildman–Crippen MR) is 142 cm³/mol. The van der Waals surface area contributed by atoms with Crippen LogP contribution in [0.15, 0.2) is 9.98 Å². The lowest BCUT2D eigenvalue weighted by atomic mass is 10.0. The van der Waals surface area contributed by atoms with E-state index < -0.39 is 54.0 Å². The molecule has 16 nitrogen and oxygen atoms in total. The number of nitrogens with two attached hydrogens (primary N) is 5. The minimum absolute atomic E-state index is 0.0205. The zero-order valence-electron chi connectivity index (χ0n) is 22.2. The minimum atomic E-state index is -1.41. The monoisotopic (exact) mass is 544 g/mol. The number of aliphatic carboxylic acids is 1. The number of nitrogens with one attached hydrogen (secondary N) is 3. The smallest absolute Gasteiger partial charge is 0.326 e. The summed E-state index contributed by atoms with van der Waals surface area (Å²) < 4.78 is 0. The number of nitrogens with zero attached hydrogens (tertiary/aromatic N) is 2. The van der Waals surface area contributed by atoms with Crippen molar-refractivity contribution in [1.82, 2.24) is 16.0 Å². The van der Waals surface area contributed by atoms with Crippen molar-refractivity contribution in [3.05, 3.63) is 0 Å². The second kappa shape index (κ2) is 17.7. The highest BCUT2D eigenvalue weighted by Gasteiger charge is 2.32. The first kappa shape index (κ1) is 34.3. The summed E-state index contributed by atoms with van der Waals surface area (Å²) in [5.74, 6) is -3.75. The predicted octanol–water partition coefficient (Wildman–Crippen LogP) is -3.61. The van der Waals surface area contributed by atoms with Crippen molar-refractivity contribution in [2.24, 2.45) is 44.6 Å². The molecule has 0 aliphatic heterocycles.